The molecule has 3 rings (SSSR count). The smallest absolute Gasteiger partial charge is 0.0695 e. The third kappa shape index (κ3) is 3.86. The second-order valence-electron chi connectivity index (χ2n) is 6.63. The SMILES string of the molecule is C[C@H](NC1CCN([C@@H]2CCCC[C@H]2O)CC1)c1cccs1. The van der Waals surface area contributed by atoms with Crippen molar-refractivity contribution in [2.24, 2.45) is 0 Å². The highest BCUT2D eigenvalue weighted by atomic mass is 32.1. The third-order valence-electron chi connectivity index (χ3n) is 5.15. The van der Waals surface area contributed by atoms with Crippen LogP contribution in [-0.4, -0.2) is 41.3 Å². The van der Waals surface area contributed by atoms with E-state index in [1.165, 1.54) is 37.0 Å². The van der Waals surface area contributed by atoms with Gasteiger partial charge < -0.3 is 10.4 Å². The van der Waals surface area contributed by atoms with Crippen molar-refractivity contribution in [3.63, 3.8) is 0 Å². The first-order valence-electron chi connectivity index (χ1n) is 8.45. The van der Waals surface area contributed by atoms with Crippen LogP contribution in [0.4, 0.5) is 0 Å². The lowest BCUT2D eigenvalue weighted by atomic mass is 9.89. The Morgan fingerprint density at radius 2 is 2.00 bits per heavy atom. The van der Waals surface area contributed by atoms with Crippen LogP contribution >= 0.6 is 11.3 Å². The van der Waals surface area contributed by atoms with Crippen LogP contribution in [0.2, 0.25) is 0 Å². The molecule has 118 valence electrons. The average molecular weight is 308 g/mol. The predicted octanol–water partition coefficient (Wildman–Crippen LogP) is 3.17. The van der Waals surface area contributed by atoms with Crippen molar-refractivity contribution >= 4 is 11.3 Å². The molecule has 1 aromatic heterocycles. The maximum Gasteiger partial charge on any atom is 0.0695 e. The van der Waals surface area contributed by atoms with Gasteiger partial charge in [-0.25, -0.2) is 0 Å². The lowest BCUT2D eigenvalue weighted by Crippen LogP contribution is -2.51. The van der Waals surface area contributed by atoms with Crippen molar-refractivity contribution in [1.82, 2.24) is 10.2 Å². The summed E-state index contributed by atoms with van der Waals surface area (Å²) in [6, 6.07) is 5.86. The van der Waals surface area contributed by atoms with Crippen LogP contribution in [-0.2, 0) is 0 Å². The molecule has 2 N–H and O–H groups in total. The first kappa shape index (κ1) is 15.5. The van der Waals surface area contributed by atoms with Crippen LogP contribution in [0.25, 0.3) is 0 Å². The molecule has 1 aliphatic heterocycles. The van der Waals surface area contributed by atoms with Gasteiger partial charge in [0.1, 0.15) is 0 Å². The van der Waals surface area contributed by atoms with E-state index in [0.717, 1.165) is 19.5 Å². The number of aliphatic hydroxyl groups excluding tert-OH is 1. The first-order valence-corrected chi connectivity index (χ1v) is 9.33. The number of hydrogen-bond donors (Lipinski definition) is 2. The Morgan fingerprint density at radius 1 is 1.24 bits per heavy atom. The van der Waals surface area contributed by atoms with E-state index in [0.29, 0.717) is 18.1 Å². The van der Waals surface area contributed by atoms with Gasteiger partial charge in [-0.2, -0.15) is 0 Å². The molecule has 0 bridgehead atoms. The molecule has 0 aromatic carbocycles. The molecule has 3 atom stereocenters. The molecule has 0 spiro atoms. The largest absolute Gasteiger partial charge is 0.391 e. The van der Waals surface area contributed by atoms with E-state index in [9.17, 15) is 5.11 Å². The van der Waals surface area contributed by atoms with Crippen LogP contribution < -0.4 is 5.32 Å². The molecule has 1 aliphatic carbocycles. The minimum atomic E-state index is -0.0895. The van der Waals surface area contributed by atoms with Crippen LogP contribution in [0.3, 0.4) is 0 Å². The third-order valence-corrected chi connectivity index (χ3v) is 6.20. The van der Waals surface area contributed by atoms with E-state index in [2.05, 4.69) is 34.7 Å². The summed E-state index contributed by atoms with van der Waals surface area (Å²) in [5, 5.41) is 16.1. The van der Waals surface area contributed by atoms with Crippen LogP contribution in [0.1, 0.15) is 56.4 Å². The summed E-state index contributed by atoms with van der Waals surface area (Å²) in [5.74, 6) is 0. The summed E-state index contributed by atoms with van der Waals surface area (Å²) >= 11 is 1.84. The van der Waals surface area contributed by atoms with Crippen molar-refractivity contribution in [2.75, 3.05) is 13.1 Å². The second-order valence-corrected chi connectivity index (χ2v) is 7.61. The quantitative estimate of drug-likeness (QED) is 0.897. The van der Waals surface area contributed by atoms with Crippen molar-refractivity contribution in [1.29, 1.82) is 0 Å². The monoisotopic (exact) mass is 308 g/mol. The number of aliphatic hydroxyl groups is 1. The molecule has 0 radical (unpaired) electrons. The molecular weight excluding hydrogens is 280 g/mol. The van der Waals surface area contributed by atoms with Crippen LogP contribution in [0.15, 0.2) is 17.5 Å². The van der Waals surface area contributed by atoms with Gasteiger partial charge in [-0.1, -0.05) is 18.9 Å². The number of rotatable bonds is 4. The van der Waals surface area contributed by atoms with E-state index >= 15 is 0 Å². The Morgan fingerprint density at radius 3 is 2.67 bits per heavy atom. The Hall–Kier alpha value is -0.420. The molecule has 4 heteroatoms. The molecule has 2 aliphatic rings. The van der Waals surface area contributed by atoms with Gasteiger partial charge in [0.2, 0.25) is 0 Å². The van der Waals surface area contributed by atoms with Crippen LogP contribution in [0.5, 0.6) is 0 Å². The van der Waals surface area contributed by atoms with Gasteiger partial charge in [0, 0.05) is 36.1 Å². The van der Waals surface area contributed by atoms with E-state index in [-0.39, 0.29) is 6.10 Å². The summed E-state index contributed by atoms with van der Waals surface area (Å²) in [5.41, 5.74) is 0. The maximum atomic E-state index is 10.2. The summed E-state index contributed by atoms with van der Waals surface area (Å²) in [6.45, 7) is 4.54. The van der Waals surface area contributed by atoms with Gasteiger partial charge in [-0.15, -0.1) is 11.3 Å². The highest BCUT2D eigenvalue weighted by Gasteiger charge is 2.31. The van der Waals surface area contributed by atoms with Gasteiger partial charge in [0.05, 0.1) is 6.10 Å². The summed E-state index contributed by atoms with van der Waals surface area (Å²) < 4.78 is 0. The molecule has 2 heterocycles. The zero-order valence-corrected chi connectivity index (χ0v) is 13.8. The first-order chi connectivity index (χ1) is 10.2. The number of nitrogens with zero attached hydrogens (tertiary/aromatic N) is 1. The molecule has 1 saturated heterocycles. The highest BCUT2D eigenvalue weighted by Crippen LogP contribution is 2.27. The Kier molecular flexibility index (Phi) is 5.33. The number of hydrogen-bond acceptors (Lipinski definition) is 4. The maximum absolute atomic E-state index is 10.2. The molecule has 1 saturated carbocycles. The van der Waals surface area contributed by atoms with Crippen molar-refractivity contribution in [2.45, 2.75) is 69.7 Å². The second kappa shape index (κ2) is 7.23. The minimum Gasteiger partial charge on any atom is -0.391 e. The van der Waals surface area contributed by atoms with E-state index < -0.39 is 0 Å². The van der Waals surface area contributed by atoms with E-state index in [1.54, 1.807) is 0 Å². The number of thiophene rings is 1. The van der Waals surface area contributed by atoms with E-state index in [1.807, 2.05) is 11.3 Å². The van der Waals surface area contributed by atoms with E-state index in [4.69, 9.17) is 0 Å². The summed E-state index contributed by atoms with van der Waals surface area (Å²) in [6.07, 6.45) is 7.00. The minimum absolute atomic E-state index is 0.0895. The van der Waals surface area contributed by atoms with Gasteiger partial charge in [0.25, 0.3) is 0 Å². The molecule has 3 nitrogen and oxygen atoms in total. The molecule has 1 aromatic rings. The lowest BCUT2D eigenvalue weighted by molar-refractivity contribution is 0.00673. The molecule has 0 amide bonds. The standard InChI is InChI=1S/C17H28N2OS/c1-13(17-7-4-12-21-17)18-14-8-10-19(11-9-14)15-5-2-3-6-16(15)20/h4,7,12-16,18,20H,2-3,5-6,8-11H2,1H3/t13-,15+,16+/m0/s1. The van der Waals surface area contributed by atoms with Gasteiger partial charge in [0.15, 0.2) is 0 Å². The average Bonchev–Trinajstić information content (AvgIpc) is 3.03. The topological polar surface area (TPSA) is 35.5 Å². The fourth-order valence-corrected chi connectivity index (χ4v) is 4.63. The number of piperidine rings is 1. The molecular formula is C17H28N2OS. The van der Waals surface area contributed by atoms with Crippen molar-refractivity contribution < 1.29 is 5.11 Å². The van der Waals surface area contributed by atoms with Gasteiger partial charge >= 0.3 is 0 Å². The molecule has 21 heavy (non-hydrogen) atoms. The van der Waals surface area contributed by atoms with Crippen molar-refractivity contribution in [3.05, 3.63) is 22.4 Å². The lowest BCUT2D eigenvalue weighted by Gasteiger charge is -2.42. The Bertz CT molecular complexity index is 414. The Balaban J connectivity index is 1.46. The zero-order chi connectivity index (χ0) is 14.7. The number of likely N-dealkylation sites (tertiary alicyclic amines) is 1. The fraction of sp³-hybridized carbons (Fsp3) is 0.765. The predicted molar refractivity (Wildman–Crippen MR) is 88.7 cm³/mol. The zero-order valence-electron chi connectivity index (χ0n) is 13.0. The number of nitrogens with one attached hydrogen (secondary N) is 1. The van der Waals surface area contributed by atoms with Crippen LogP contribution in [0, 0.1) is 0 Å². The van der Waals surface area contributed by atoms with Gasteiger partial charge in [-0.3, -0.25) is 4.90 Å². The molecule has 0 unspecified atom stereocenters. The highest BCUT2D eigenvalue weighted by molar-refractivity contribution is 7.10. The fourth-order valence-electron chi connectivity index (χ4n) is 3.89. The molecule has 2 fully saturated rings. The summed E-state index contributed by atoms with van der Waals surface area (Å²) in [4.78, 5) is 3.97. The summed E-state index contributed by atoms with van der Waals surface area (Å²) in [7, 11) is 0. The van der Waals surface area contributed by atoms with Gasteiger partial charge in [-0.05, 0) is 44.1 Å². The van der Waals surface area contributed by atoms with Crippen molar-refractivity contribution in [3.8, 4) is 0 Å². The Labute approximate surface area is 132 Å². The normalized spacial score (nSPS) is 30.4.